The summed E-state index contributed by atoms with van der Waals surface area (Å²) >= 11 is 2.88. The third-order valence-corrected chi connectivity index (χ3v) is 2.50. The quantitative estimate of drug-likeness (QED) is 0.695. The van der Waals surface area contributed by atoms with Crippen LogP contribution in [0.5, 0.6) is 0 Å². The van der Waals surface area contributed by atoms with Crippen molar-refractivity contribution in [2.45, 2.75) is 6.18 Å². The first-order valence-corrected chi connectivity index (χ1v) is 4.52. The van der Waals surface area contributed by atoms with E-state index in [0.717, 1.165) is 6.07 Å². The summed E-state index contributed by atoms with van der Waals surface area (Å²) in [6, 6.07) is 3.99. The lowest BCUT2D eigenvalue weighted by Gasteiger charge is -2.08. The Kier molecular flexibility index (Phi) is 2.06. The Morgan fingerprint density at radius 1 is 1.21 bits per heavy atom. The molecule has 0 amide bonds. The molecule has 0 radical (unpaired) electrons. The van der Waals surface area contributed by atoms with E-state index in [4.69, 9.17) is 4.42 Å². The average Bonchev–Trinajstić information content (AvgIpc) is 2.47. The van der Waals surface area contributed by atoms with Gasteiger partial charge in [-0.2, -0.15) is 13.2 Å². The molecule has 2 rings (SSSR count). The first kappa shape index (κ1) is 9.58. The minimum atomic E-state index is -4.36. The molecule has 0 aliphatic rings. The highest BCUT2D eigenvalue weighted by molar-refractivity contribution is 9.10. The molecular formula is C9H4BrF3O. The van der Waals surface area contributed by atoms with E-state index < -0.39 is 11.7 Å². The molecule has 0 atom stereocenters. The molecule has 0 unspecified atom stereocenters. The number of halogens is 4. The Bertz CT molecular complexity index is 472. The van der Waals surface area contributed by atoms with E-state index >= 15 is 0 Å². The van der Waals surface area contributed by atoms with Gasteiger partial charge >= 0.3 is 6.18 Å². The van der Waals surface area contributed by atoms with E-state index in [1.807, 2.05) is 0 Å². The zero-order valence-corrected chi connectivity index (χ0v) is 8.32. The lowest BCUT2D eigenvalue weighted by molar-refractivity contribution is -0.138. The number of furan rings is 1. The number of hydrogen-bond donors (Lipinski definition) is 0. The standard InChI is InChI=1S/C9H4BrF3O/c10-7-3-5-1-2-14-8(5)4-6(7)9(11,12)13/h1-4H. The Balaban J connectivity index is 2.71. The summed E-state index contributed by atoms with van der Waals surface area (Å²) in [5.41, 5.74) is -0.486. The van der Waals surface area contributed by atoms with Crippen LogP contribution in [0, 0.1) is 0 Å². The monoisotopic (exact) mass is 264 g/mol. The fraction of sp³-hybridized carbons (Fsp3) is 0.111. The van der Waals surface area contributed by atoms with Crippen LogP contribution >= 0.6 is 15.9 Å². The van der Waals surface area contributed by atoms with Crippen molar-refractivity contribution in [2.75, 3.05) is 0 Å². The van der Waals surface area contributed by atoms with Gasteiger partial charge in [-0.05, 0) is 18.2 Å². The zero-order chi connectivity index (χ0) is 10.3. The van der Waals surface area contributed by atoms with Gasteiger partial charge in [-0.1, -0.05) is 15.9 Å². The largest absolute Gasteiger partial charge is 0.464 e. The molecule has 0 aliphatic heterocycles. The molecule has 0 aliphatic carbocycles. The van der Waals surface area contributed by atoms with Gasteiger partial charge in [0.05, 0.1) is 11.8 Å². The maximum Gasteiger partial charge on any atom is 0.417 e. The van der Waals surface area contributed by atoms with Gasteiger partial charge in [0.15, 0.2) is 0 Å². The van der Waals surface area contributed by atoms with Gasteiger partial charge in [-0.15, -0.1) is 0 Å². The molecule has 5 heteroatoms. The number of hydrogen-bond acceptors (Lipinski definition) is 1. The molecule has 2 aromatic rings. The maximum absolute atomic E-state index is 12.4. The lowest BCUT2D eigenvalue weighted by atomic mass is 10.1. The molecule has 14 heavy (non-hydrogen) atoms. The molecule has 0 fully saturated rings. The summed E-state index contributed by atoms with van der Waals surface area (Å²) in [6.07, 6.45) is -3.00. The van der Waals surface area contributed by atoms with Crippen molar-refractivity contribution < 1.29 is 17.6 Å². The molecule has 1 aromatic carbocycles. The van der Waals surface area contributed by atoms with Crippen LogP contribution in [0.4, 0.5) is 13.2 Å². The van der Waals surface area contributed by atoms with Crippen molar-refractivity contribution in [1.82, 2.24) is 0 Å². The van der Waals surface area contributed by atoms with E-state index in [2.05, 4.69) is 15.9 Å². The average molecular weight is 265 g/mol. The first-order chi connectivity index (χ1) is 6.48. The third kappa shape index (κ3) is 1.52. The Morgan fingerprint density at radius 3 is 2.57 bits per heavy atom. The summed E-state index contributed by atoms with van der Waals surface area (Å²) in [6.45, 7) is 0. The molecule has 0 N–H and O–H groups in total. The van der Waals surface area contributed by atoms with Crippen LogP contribution in [0.15, 0.2) is 33.4 Å². The SMILES string of the molecule is FC(F)(F)c1cc2occc2cc1Br. The van der Waals surface area contributed by atoms with Crippen molar-refractivity contribution in [3.05, 3.63) is 34.5 Å². The van der Waals surface area contributed by atoms with Gasteiger partial charge in [-0.3, -0.25) is 0 Å². The molecule has 0 saturated carbocycles. The summed E-state index contributed by atoms with van der Waals surface area (Å²) < 4.78 is 42.1. The van der Waals surface area contributed by atoms with Gasteiger partial charge in [0.1, 0.15) is 5.58 Å². The van der Waals surface area contributed by atoms with Gasteiger partial charge in [0.2, 0.25) is 0 Å². The Morgan fingerprint density at radius 2 is 1.93 bits per heavy atom. The van der Waals surface area contributed by atoms with Crippen LogP contribution in [-0.4, -0.2) is 0 Å². The molecule has 1 nitrogen and oxygen atoms in total. The van der Waals surface area contributed by atoms with Crippen LogP contribution in [0.3, 0.4) is 0 Å². The van der Waals surface area contributed by atoms with E-state index in [9.17, 15) is 13.2 Å². The first-order valence-electron chi connectivity index (χ1n) is 3.72. The predicted octanol–water partition coefficient (Wildman–Crippen LogP) is 4.21. The number of alkyl halides is 3. The summed E-state index contributed by atoms with van der Waals surface area (Å²) in [7, 11) is 0. The zero-order valence-electron chi connectivity index (χ0n) is 6.73. The Hall–Kier alpha value is -0.970. The number of rotatable bonds is 0. The van der Waals surface area contributed by atoms with Gasteiger partial charge in [0, 0.05) is 9.86 Å². The second-order valence-electron chi connectivity index (χ2n) is 2.79. The molecule has 74 valence electrons. The van der Waals surface area contributed by atoms with Crippen molar-refractivity contribution in [1.29, 1.82) is 0 Å². The number of fused-ring (bicyclic) bond motifs is 1. The summed E-state index contributed by atoms with van der Waals surface area (Å²) in [4.78, 5) is 0. The maximum atomic E-state index is 12.4. The van der Waals surface area contributed by atoms with Crippen molar-refractivity contribution in [2.24, 2.45) is 0 Å². The van der Waals surface area contributed by atoms with E-state index in [0.29, 0.717) is 5.39 Å². The molecular weight excluding hydrogens is 261 g/mol. The summed E-state index contributed by atoms with van der Waals surface area (Å²) in [5.74, 6) is 0. The van der Waals surface area contributed by atoms with Crippen molar-refractivity contribution in [3.8, 4) is 0 Å². The minimum Gasteiger partial charge on any atom is -0.464 e. The second-order valence-corrected chi connectivity index (χ2v) is 3.64. The minimum absolute atomic E-state index is 0.0268. The Labute approximate surface area is 85.6 Å². The molecule has 0 spiro atoms. The van der Waals surface area contributed by atoms with Crippen LogP contribution < -0.4 is 0 Å². The van der Waals surface area contributed by atoms with E-state index in [1.54, 1.807) is 6.07 Å². The molecule has 1 aromatic heterocycles. The fourth-order valence-electron chi connectivity index (χ4n) is 1.20. The van der Waals surface area contributed by atoms with Crippen LogP contribution in [0.2, 0.25) is 0 Å². The second kappa shape index (κ2) is 3.02. The molecule has 0 bridgehead atoms. The topological polar surface area (TPSA) is 13.1 Å². The van der Waals surface area contributed by atoms with Crippen molar-refractivity contribution in [3.63, 3.8) is 0 Å². The lowest BCUT2D eigenvalue weighted by Crippen LogP contribution is -2.05. The van der Waals surface area contributed by atoms with E-state index in [-0.39, 0.29) is 10.1 Å². The third-order valence-electron chi connectivity index (χ3n) is 1.85. The van der Waals surface area contributed by atoms with Crippen LogP contribution in [-0.2, 0) is 6.18 Å². The fourth-order valence-corrected chi connectivity index (χ4v) is 1.78. The predicted molar refractivity (Wildman–Crippen MR) is 48.9 cm³/mol. The van der Waals surface area contributed by atoms with E-state index in [1.165, 1.54) is 12.3 Å². The number of benzene rings is 1. The highest BCUT2D eigenvalue weighted by atomic mass is 79.9. The van der Waals surface area contributed by atoms with Gasteiger partial charge in [0.25, 0.3) is 0 Å². The highest BCUT2D eigenvalue weighted by Crippen LogP contribution is 2.37. The smallest absolute Gasteiger partial charge is 0.417 e. The highest BCUT2D eigenvalue weighted by Gasteiger charge is 2.33. The van der Waals surface area contributed by atoms with Crippen LogP contribution in [0.25, 0.3) is 11.0 Å². The van der Waals surface area contributed by atoms with Crippen molar-refractivity contribution >= 4 is 26.9 Å². The van der Waals surface area contributed by atoms with Gasteiger partial charge < -0.3 is 4.42 Å². The van der Waals surface area contributed by atoms with Gasteiger partial charge in [-0.25, -0.2) is 0 Å². The summed E-state index contributed by atoms with van der Waals surface area (Å²) in [5, 5.41) is 0.643. The molecule has 1 heterocycles. The van der Waals surface area contributed by atoms with Crippen LogP contribution in [0.1, 0.15) is 5.56 Å². The normalized spacial score (nSPS) is 12.3. The molecule has 0 saturated heterocycles.